The highest BCUT2D eigenvalue weighted by Crippen LogP contribution is 2.43. The highest BCUT2D eigenvalue weighted by atomic mass is 15.2. The molecule has 0 spiro atoms. The van der Waals surface area contributed by atoms with Crippen LogP contribution in [0.3, 0.4) is 0 Å². The van der Waals surface area contributed by atoms with Gasteiger partial charge in [0.1, 0.15) is 0 Å². The van der Waals surface area contributed by atoms with Crippen LogP contribution in [-0.4, -0.2) is 11.6 Å². The third-order valence-corrected chi connectivity index (χ3v) is 5.86. The Bertz CT molecular complexity index is 598. The number of nitrogens with two attached hydrogens (primary N) is 1. The average molecular weight is 322 g/mol. The molecule has 1 aliphatic rings. The Hall–Kier alpha value is -1.80. The summed E-state index contributed by atoms with van der Waals surface area (Å²) in [6.45, 7) is 6.99. The van der Waals surface area contributed by atoms with Crippen molar-refractivity contribution in [3.8, 4) is 0 Å². The van der Waals surface area contributed by atoms with Crippen molar-refractivity contribution in [1.82, 2.24) is 0 Å². The Labute approximate surface area is 146 Å². The fourth-order valence-electron chi connectivity index (χ4n) is 4.14. The molecule has 2 nitrogen and oxygen atoms in total. The van der Waals surface area contributed by atoms with Crippen molar-refractivity contribution in [1.29, 1.82) is 0 Å². The molecule has 3 rings (SSSR count). The van der Waals surface area contributed by atoms with Crippen LogP contribution in [0, 0.1) is 11.8 Å². The van der Waals surface area contributed by atoms with E-state index in [4.69, 9.17) is 5.73 Å². The van der Waals surface area contributed by atoms with Gasteiger partial charge in [-0.3, -0.25) is 0 Å². The summed E-state index contributed by atoms with van der Waals surface area (Å²) in [5.74, 6) is 1.45. The number of hydrogen-bond acceptors (Lipinski definition) is 2. The van der Waals surface area contributed by atoms with Gasteiger partial charge in [-0.15, -0.1) is 0 Å². The fourth-order valence-corrected chi connectivity index (χ4v) is 4.14. The van der Waals surface area contributed by atoms with Gasteiger partial charge in [0, 0.05) is 17.4 Å². The van der Waals surface area contributed by atoms with Gasteiger partial charge in [-0.2, -0.15) is 0 Å². The molecule has 0 aromatic heterocycles. The largest absolute Gasteiger partial charge is 0.334 e. The first-order chi connectivity index (χ1) is 11.5. The maximum atomic E-state index is 6.78. The number of hydrogen-bond donors (Lipinski definition) is 1. The molecule has 0 amide bonds. The van der Waals surface area contributed by atoms with Crippen LogP contribution in [0.15, 0.2) is 60.7 Å². The standard InChI is InChI=1S/C22H30N2/c1-17(2)18-14-15-22(3,21(23)16-18)24(19-10-6-4-7-11-19)20-12-8-5-9-13-20/h4-13,17-18,21H,14-16,23H2,1-3H3/t18-,21-,22-/m1/s1. The molecule has 2 heteroatoms. The first-order valence-electron chi connectivity index (χ1n) is 9.18. The predicted octanol–water partition coefficient (Wildman–Crippen LogP) is 5.37. The molecule has 2 N–H and O–H groups in total. The van der Waals surface area contributed by atoms with E-state index in [0.29, 0.717) is 5.92 Å². The molecule has 128 valence electrons. The third kappa shape index (κ3) is 3.21. The maximum absolute atomic E-state index is 6.78. The predicted molar refractivity (Wildman–Crippen MR) is 104 cm³/mol. The zero-order valence-corrected chi connectivity index (χ0v) is 15.2. The van der Waals surface area contributed by atoms with Gasteiger partial charge in [-0.25, -0.2) is 0 Å². The summed E-state index contributed by atoms with van der Waals surface area (Å²) in [6.07, 6.45) is 3.48. The van der Waals surface area contributed by atoms with E-state index < -0.39 is 0 Å². The summed E-state index contributed by atoms with van der Waals surface area (Å²) < 4.78 is 0. The van der Waals surface area contributed by atoms with Crippen LogP contribution in [0.25, 0.3) is 0 Å². The molecule has 1 saturated carbocycles. The van der Waals surface area contributed by atoms with Gasteiger partial charge in [0.15, 0.2) is 0 Å². The number of anilines is 2. The molecule has 0 heterocycles. The number of para-hydroxylation sites is 2. The molecular formula is C22H30N2. The summed E-state index contributed by atoms with van der Waals surface area (Å²) in [5.41, 5.74) is 9.17. The molecule has 1 fully saturated rings. The molecular weight excluding hydrogens is 292 g/mol. The van der Waals surface area contributed by atoms with E-state index >= 15 is 0 Å². The summed E-state index contributed by atoms with van der Waals surface area (Å²) in [7, 11) is 0. The Morgan fingerprint density at radius 1 is 0.958 bits per heavy atom. The van der Waals surface area contributed by atoms with Crippen LogP contribution in [0.2, 0.25) is 0 Å². The lowest BCUT2D eigenvalue weighted by Gasteiger charge is -2.51. The van der Waals surface area contributed by atoms with Crippen molar-refractivity contribution < 1.29 is 0 Å². The van der Waals surface area contributed by atoms with Crippen molar-refractivity contribution in [3.63, 3.8) is 0 Å². The zero-order chi connectivity index (χ0) is 17.2. The van der Waals surface area contributed by atoms with E-state index in [2.05, 4.69) is 86.3 Å². The van der Waals surface area contributed by atoms with E-state index in [1.807, 2.05) is 0 Å². The second-order valence-electron chi connectivity index (χ2n) is 7.75. The lowest BCUT2D eigenvalue weighted by atomic mass is 9.69. The van der Waals surface area contributed by atoms with Gasteiger partial charge in [-0.1, -0.05) is 50.2 Å². The van der Waals surface area contributed by atoms with Gasteiger partial charge < -0.3 is 10.6 Å². The molecule has 24 heavy (non-hydrogen) atoms. The van der Waals surface area contributed by atoms with Crippen LogP contribution >= 0.6 is 0 Å². The van der Waals surface area contributed by atoms with E-state index in [0.717, 1.165) is 18.8 Å². The first kappa shape index (κ1) is 17.0. The molecule has 0 unspecified atom stereocenters. The van der Waals surface area contributed by atoms with Crippen LogP contribution < -0.4 is 10.6 Å². The van der Waals surface area contributed by atoms with Crippen LogP contribution in [0.1, 0.15) is 40.0 Å². The summed E-state index contributed by atoms with van der Waals surface area (Å²) in [4.78, 5) is 2.47. The van der Waals surface area contributed by atoms with Gasteiger partial charge in [0.05, 0.1) is 5.54 Å². The van der Waals surface area contributed by atoms with Crippen LogP contribution in [0.5, 0.6) is 0 Å². The normalized spacial score (nSPS) is 27.2. The zero-order valence-electron chi connectivity index (χ0n) is 15.2. The van der Waals surface area contributed by atoms with Gasteiger partial charge in [0.2, 0.25) is 0 Å². The Kier molecular flexibility index (Phi) is 4.96. The summed E-state index contributed by atoms with van der Waals surface area (Å²) in [6, 6.07) is 21.5. The number of rotatable bonds is 4. The first-order valence-corrected chi connectivity index (χ1v) is 9.18. The molecule has 0 aliphatic heterocycles. The Balaban J connectivity index is 2.00. The van der Waals surface area contributed by atoms with E-state index in [1.165, 1.54) is 17.8 Å². The smallest absolute Gasteiger partial charge is 0.0574 e. The molecule has 2 aromatic rings. The topological polar surface area (TPSA) is 29.3 Å². The Morgan fingerprint density at radius 2 is 1.46 bits per heavy atom. The van der Waals surface area contributed by atoms with Crippen molar-refractivity contribution in [2.75, 3.05) is 4.90 Å². The average Bonchev–Trinajstić information content (AvgIpc) is 2.59. The van der Waals surface area contributed by atoms with Crippen molar-refractivity contribution >= 4 is 11.4 Å². The van der Waals surface area contributed by atoms with Crippen LogP contribution in [0.4, 0.5) is 11.4 Å². The number of nitrogens with zero attached hydrogens (tertiary/aromatic N) is 1. The second kappa shape index (κ2) is 6.98. The molecule has 0 saturated heterocycles. The SMILES string of the molecule is CC(C)[C@@H]1CC[C@@](C)(N(c2ccccc2)c2ccccc2)[C@H](N)C1. The lowest BCUT2D eigenvalue weighted by Crippen LogP contribution is -2.59. The Morgan fingerprint density at radius 3 is 1.88 bits per heavy atom. The molecule has 3 atom stereocenters. The molecule has 0 radical (unpaired) electrons. The van der Waals surface area contributed by atoms with Gasteiger partial charge in [0.25, 0.3) is 0 Å². The van der Waals surface area contributed by atoms with E-state index in [9.17, 15) is 0 Å². The minimum atomic E-state index is -0.0614. The highest BCUT2D eigenvalue weighted by molar-refractivity contribution is 5.66. The van der Waals surface area contributed by atoms with Crippen molar-refractivity contribution in [3.05, 3.63) is 60.7 Å². The van der Waals surface area contributed by atoms with Crippen molar-refractivity contribution in [2.45, 2.75) is 51.6 Å². The van der Waals surface area contributed by atoms with Crippen molar-refractivity contribution in [2.24, 2.45) is 17.6 Å². The minimum Gasteiger partial charge on any atom is -0.334 e. The van der Waals surface area contributed by atoms with E-state index in [1.54, 1.807) is 0 Å². The number of benzene rings is 2. The maximum Gasteiger partial charge on any atom is 0.0574 e. The van der Waals surface area contributed by atoms with E-state index in [-0.39, 0.29) is 11.6 Å². The quantitative estimate of drug-likeness (QED) is 0.820. The molecule has 1 aliphatic carbocycles. The highest BCUT2D eigenvalue weighted by Gasteiger charge is 2.43. The second-order valence-corrected chi connectivity index (χ2v) is 7.75. The summed E-state index contributed by atoms with van der Waals surface area (Å²) >= 11 is 0. The molecule has 2 aromatic carbocycles. The van der Waals surface area contributed by atoms with Gasteiger partial charge >= 0.3 is 0 Å². The van der Waals surface area contributed by atoms with Gasteiger partial charge in [-0.05, 0) is 62.3 Å². The van der Waals surface area contributed by atoms with Crippen LogP contribution in [-0.2, 0) is 0 Å². The minimum absolute atomic E-state index is 0.0614. The lowest BCUT2D eigenvalue weighted by molar-refractivity contribution is 0.178. The monoisotopic (exact) mass is 322 g/mol. The summed E-state index contributed by atoms with van der Waals surface area (Å²) in [5, 5.41) is 0. The molecule has 0 bridgehead atoms. The fraction of sp³-hybridized carbons (Fsp3) is 0.455. The third-order valence-electron chi connectivity index (χ3n) is 5.86.